The lowest BCUT2D eigenvalue weighted by molar-refractivity contribution is -0.136. The summed E-state index contributed by atoms with van der Waals surface area (Å²) in [6.45, 7) is 2.15. The maximum absolute atomic E-state index is 12.6. The molecule has 5 heteroatoms. The number of hydrogen-bond donors (Lipinski definition) is 2. The van der Waals surface area contributed by atoms with E-state index in [1.165, 1.54) is 19.3 Å². The summed E-state index contributed by atoms with van der Waals surface area (Å²) in [6, 6.07) is 0.312. The Labute approximate surface area is 126 Å². The summed E-state index contributed by atoms with van der Waals surface area (Å²) in [6.07, 6.45) is 8.52. The molecule has 0 spiro atoms. The third-order valence-electron chi connectivity index (χ3n) is 5.34. The van der Waals surface area contributed by atoms with Gasteiger partial charge in [-0.1, -0.05) is 19.3 Å². The Morgan fingerprint density at radius 3 is 2.38 bits per heavy atom. The summed E-state index contributed by atoms with van der Waals surface area (Å²) in [5, 5.41) is 6.45. The smallest absolute Gasteiger partial charge is 0.239 e. The molecule has 1 saturated carbocycles. The number of carbonyl (C=O) groups excluding carboxylic acids is 2. The van der Waals surface area contributed by atoms with Crippen LogP contribution in [0.4, 0.5) is 0 Å². The molecular formula is C16H27N3O2. The molecule has 1 atom stereocenters. The van der Waals surface area contributed by atoms with E-state index in [0.29, 0.717) is 12.3 Å². The van der Waals surface area contributed by atoms with Crippen molar-refractivity contribution in [2.75, 3.05) is 19.6 Å². The molecule has 2 aliphatic heterocycles. The van der Waals surface area contributed by atoms with Gasteiger partial charge < -0.3 is 15.5 Å². The van der Waals surface area contributed by atoms with Crippen LogP contribution < -0.4 is 10.6 Å². The Morgan fingerprint density at radius 2 is 1.67 bits per heavy atom. The van der Waals surface area contributed by atoms with Crippen molar-refractivity contribution in [2.45, 2.75) is 63.5 Å². The Hall–Kier alpha value is -1.10. The maximum atomic E-state index is 12.6. The van der Waals surface area contributed by atoms with Gasteiger partial charge in [0.2, 0.25) is 11.8 Å². The van der Waals surface area contributed by atoms with Gasteiger partial charge in [-0.15, -0.1) is 0 Å². The van der Waals surface area contributed by atoms with Crippen LogP contribution in [0.15, 0.2) is 0 Å². The highest BCUT2D eigenvalue weighted by Gasteiger charge is 2.35. The lowest BCUT2D eigenvalue weighted by Gasteiger charge is -2.33. The normalized spacial score (nSPS) is 30.1. The van der Waals surface area contributed by atoms with Crippen molar-refractivity contribution in [3.8, 4) is 0 Å². The Balaban J connectivity index is 1.66. The van der Waals surface area contributed by atoms with Crippen molar-refractivity contribution >= 4 is 11.8 Å². The molecule has 118 valence electrons. The quantitative estimate of drug-likeness (QED) is 0.799. The van der Waals surface area contributed by atoms with E-state index in [1.807, 2.05) is 4.90 Å². The lowest BCUT2D eigenvalue weighted by atomic mass is 9.82. The predicted molar refractivity (Wildman–Crippen MR) is 80.7 cm³/mol. The van der Waals surface area contributed by atoms with Crippen molar-refractivity contribution in [1.82, 2.24) is 15.5 Å². The van der Waals surface area contributed by atoms with Gasteiger partial charge in [-0.3, -0.25) is 9.59 Å². The zero-order valence-electron chi connectivity index (χ0n) is 12.8. The third kappa shape index (κ3) is 3.57. The highest BCUT2D eigenvalue weighted by Crippen LogP contribution is 2.29. The second kappa shape index (κ2) is 6.77. The first kappa shape index (κ1) is 14.8. The first-order valence-electron chi connectivity index (χ1n) is 8.53. The Kier molecular flexibility index (Phi) is 4.78. The van der Waals surface area contributed by atoms with Crippen LogP contribution in [0.5, 0.6) is 0 Å². The fourth-order valence-corrected chi connectivity index (χ4v) is 4.12. The van der Waals surface area contributed by atoms with Gasteiger partial charge in [-0.25, -0.2) is 0 Å². The summed E-state index contributed by atoms with van der Waals surface area (Å²) in [4.78, 5) is 26.7. The number of nitrogens with zero attached hydrogens (tertiary/aromatic N) is 1. The number of nitrogens with one attached hydrogen (secondary N) is 2. The van der Waals surface area contributed by atoms with E-state index < -0.39 is 0 Å². The minimum Gasteiger partial charge on any atom is -0.351 e. The van der Waals surface area contributed by atoms with Crippen LogP contribution in [0.1, 0.15) is 51.4 Å². The van der Waals surface area contributed by atoms with Crippen molar-refractivity contribution < 1.29 is 9.59 Å². The second-order valence-corrected chi connectivity index (χ2v) is 6.78. The second-order valence-electron chi connectivity index (χ2n) is 6.78. The summed E-state index contributed by atoms with van der Waals surface area (Å²) >= 11 is 0. The fraction of sp³-hybridized carbons (Fsp3) is 0.875. The molecule has 1 unspecified atom stereocenters. The average molecular weight is 293 g/mol. The maximum Gasteiger partial charge on any atom is 0.239 e. The van der Waals surface area contributed by atoms with E-state index in [-0.39, 0.29) is 30.4 Å². The van der Waals surface area contributed by atoms with Crippen LogP contribution in [0.3, 0.4) is 0 Å². The van der Waals surface area contributed by atoms with E-state index >= 15 is 0 Å². The van der Waals surface area contributed by atoms with Crippen LogP contribution in [0.25, 0.3) is 0 Å². The number of hydrogen-bond acceptors (Lipinski definition) is 3. The van der Waals surface area contributed by atoms with Crippen LogP contribution in [0, 0.1) is 5.92 Å². The largest absolute Gasteiger partial charge is 0.351 e. The minimum atomic E-state index is 0.0370. The molecule has 1 aliphatic carbocycles. The summed E-state index contributed by atoms with van der Waals surface area (Å²) < 4.78 is 0. The third-order valence-corrected chi connectivity index (χ3v) is 5.34. The molecule has 0 radical (unpaired) electrons. The van der Waals surface area contributed by atoms with Gasteiger partial charge in [0.1, 0.15) is 0 Å². The van der Waals surface area contributed by atoms with Gasteiger partial charge in [0.05, 0.1) is 6.54 Å². The fourth-order valence-electron chi connectivity index (χ4n) is 4.12. The molecule has 0 aromatic carbocycles. The minimum absolute atomic E-state index is 0.0370. The topological polar surface area (TPSA) is 61.4 Å². The molecule has 3 aliphatic rings. The van der Waals surface area contributed by atoms with Gasteiger partial charge in [0.25, 0.3) is 0 Å². The number of carbonyl (C=O) groups is 2. The molecule has 2 N–H and O–H groups in total. The van der Waals surface area contributed by atoms with Gasteiger partial charge in [-0.05, 0) is 44.7 Å². The van der Waals surface area contributed by atoms with Crippen molar-refractivity contribution in [2.24, 2.45) is 5.92 Å². The number of rotatable bonds is 2. The molecule has 0 aromatic heterocycles. The molecule has 3 rings (SSSR count). The number of amides is 2. The molecule has 2 heterocycles. The van der Waals surface area contributed by atoms with Crippen LogP contribution in [-0.4, -0.2) is 48.4 Å². The molecule has 3 fully saturated rings. The monoisotopic (exact) mass is 293 g/mol. The van der Waals surface area contributed by atoms with Crippen molar-refractivity contribution in [3.05, 3.63) is 0 Å². The standard InChI is InChI=1S/C16H27N3O2/c20-15-11-19(13-6-8-17-9-7-13)16(21)10-14(18-15)12-4-2-1-3-5-12/h12-14,17H,1-11H2,(H,18,20). The van der Waals surface area contributed by atoms with Gasteiger partial charge in [0, 0.05) is 18.5 Å². The Bertz CT molecular complexity index is 387. The number of piperidine rings is 1. The molecule has 2 amide bonds. The summed E-state index contributed by atoms with van der Waals surface area (Å²) in [7, 11) is 0. The van der Waals surface area contributed by atoms with Gasteiger partial charge >= 0.3 is 0 Å². The first-order valence-corrected chi connectivity index (χ1v) is 8.53. The molecule has 2 saturated heterocycles. The zero-order valence-corrected chi connectivity index (χ0v) is 12.8. The van der Waals surface area contributed by atoms with Crippen molar-refractivity contribution in [3.63, 3.8) is 0 Å². The molecular weight excluding hydrogens is 266 g/mol. The Morgan fingerprint density at radius 1 is 0.952 bits per heavy atom. The van der Waals surface area contributed by atoms with Crippen LogP contribution in [0.2, 0.25) is 0 Å². The first-order chi connectivity index (χ1) is 10.2. The molecule has 21 heavy (non-hydrogen) atoms. The zero-order chi connectivity index (χ0) is 14.7. The molecule has 0 bridgehead atoms. The van der Waals surface area contributed by atoms with E-state index in [1.54, 1.807) is 0 Å². The summed E-state index contributed by atoms with van der Waals surface area (Å²) in [5.74, 6) is 0.713. The average Bonchev–Trinajstić information content (AvgIpc) is 2.68. The van der Waals surface area contributed by atoms with E-state index in [4.69, 9.17) is 0 Å². The molecule has 5 nitrogen and oxygen atoms in total. The highest BCUT2D eigenvalue weighted by molar-refractivity contribution is 5.88. The molecule has 0 aromatic rings. The SMILES string of the molecule is O=C1CN(C2CCNCC2)C(=O)CC(C2CCCCC2)N1. The van der Waals surface area contributed by atoms with Gasteiger partial charge in [-0.2, -0.15) is 0 Å². The van der Waals surface area contributed by atoms with E-state index in [0.717, 1.165) is 38.8 Å². The lowest BCUT2D eigenvalue weighted by Crippen LogP contribution is -2.47. The predicted octanol–water partition coefficient (Wildman–Crippen LogP) is 1.04. The highest BCUT2D eigenvalue weighted by atomic mass is 16.2. The van der Waals surface area contributed by atoms with Crippen LogP contribution >= 0.6 is 0 Å². The van der Waals surface area contributed by atoms with Gasteiger partial charge in [0.15, 0.2) is 0 Å². The van der Waals surface area contributed by atoms with E-state index in [2.05, 4.69) is 10.6 Å². The van der Waals surface area contributed by atoms with Crippen LogP contribution in [-0.2, 0) is 9.59 Å². The van der Waals surface area contributed by atoms with E-state index in [9.17, 15) is 9.59 Å². The van der Waals surface area contributed by atoms with Crippen molar-refractivity contribution in [1.29, 1.82) is 0 Å². The summed E-state index contributed by atoms with van der Waals surface area (Å²) in [5.41, 5.74) is 0.